The van der Waals surface area contributed by atoms with E-state index in [1.807, 2.05) is 18.2 Å². The Balaban J connectivity index is 1.42. The third-order valence-electron chi connectivity index (χ3n) is 6.09. The first kappa shape index (κ1) is 22.3. The molecule has 2 aliphatic rings. The van der Waals surface area contributed by atoms with Gasteiger partial charge in [-0.15, -0.1) is 0 Å². The Morgan fingerprint density at radius 1 is 0.750 bits per heavy atom. The third-order valence-corrected chi connectivity index (χ3v) is 7.99. The molecule has 32 heavy (non-hydrogen) atoms. The van der Waals surface area contributed by atoms with E-state index >= 15 is 0 Å². The van der Waals surface area contributed by atoms with Gasteiger partial charge >= 0.3 is 0 Å². The molecule has 0 spiro atoms. The van der Waals surface area contributed by atoms with Crippen molar-refractivity contribution < 1.29 is 18.0 Å². The third kappa shape index (κ3) is 4.63. The molecule has 2 amide bonds. The molecule has 8 nitrogen and oxygen atoms in total. The quantitative estimate of drug-likeness (QED) is 0.697. The van der Waals surface area contributed by atoms with Crippen LogP contribution >= 0.6 is 0 Å². The second-order valence-corrected chi connectivity index (χ2v) is 9.99. The Bertz CT molecular complexity index is 1070. The molecule has 0 saturated carbocycles. The number of benzene rings is 2. The highest BCUT2D eigenvalue weighted by Gasteiger charge is 2.30. The van der Waals surface area contributed by atoms with Gasteiger partial charge in [-0.3, -0.25) is 9.59 Å². The van der Waals surface area contributed by atoms with E-state index in [4.69, 9.17) is 0 Å². The van der Waals surface area contributed by atoms with Crippen LogP contribution in [0.3, 0.4) is 0 Å². The van der Waals surface area contributed by atoms with E-state index in [0.717, 1.165) is 18.8 Å². The van der Waals surface area contributed by atoms with E-state index in [0.29, 0.717) is 31.7 Å². The number of hydrogen-bond donors (Lipinski definition) is 0. The van der Waals surface area contributed by atoms with Crippen molar-refractivity contribution in [3.8, 4) is 0 Å². The number of nitrogens with zero attached hydrogens (tertiary/aromatic N) is 4. The predicted molar refractivity (Wildman–Crippen MR) is 122 cm³/mol. The summed E-state index contributed by atoms with van der Waals surface area (Å²) in [4.78, 5) is 30.3. The number of anilines is 1. The van der Waals surface area contributed by atoms with Crippen LogP contribution in [0.1, 0.15) is 17.3 Å². The second-order valence-electron chi connectivity index (χ2n) is 8.05. The maximum Gasteiger partial charge on any atom is 0.254 e. The molecular weight excluding hydrogens is 428 g/mol. The molecule has 4 rings (SSSR count). The Labute approximate surface area is 189 Å². The molecule has 0 aliphatic carbocycles. The first-order chi connectivity index (χ1) is 15.4. The predicted octanol–water partition coefficient (Wildman–Crippen LogP) is 1.50. The number of hydrogen-bond acceptors (Lipinski definition) is 5. The average molecular weight is 457 g/mol. The molecular formula is C23H28N4O4S. The van der Waals surface area contributed by atoms with Crippen LogP contribution in [0.4, 0.5) is 5.69 Å². The second kappa shape index (κ2) is 9.30. The van der Waals surface area contributed by atoms with Crippen LogP contribution in [0.5, 0.6) is 0 Å². The first-order valence-corrected chi connectivity index (χ1v) is 12.3. The zero-order valence-corrected chi connectivity index (χ0v) is 19.0. The van der Waals surface area contributed by atoms with Crippen molar-refractivity contribution >= 4 is 27.5 Å². The zero-order valence-electron chi connectivity index (χ0n) is 18.2. The van der Waals surface area contributed by atoms with Gasteiger partial charge in [0, 0.05) is 70.5 Å². The van der Waals surface area contributed by atoms with E-state index < -0.39 is 10.0 Å². The monoisotopic (exact) mass is 456 g/mol. The van der Waals surface area contributed by atoms with Gasteiger partial charge in [0.15, 0.2) is 0 Å². The van der Waals surface area contributed by atoms with Crippen LogP contribution in [0.15, 0.2) is 59.5 Å². The molecule has 0 atom stereocenters. The fourth-order valence-electron chi connectivity index (χ4n) is 4.17. The molecule has 2 aromatic carbocycles. The van der Waals surface area contributed by atoms with Gasteiger partial charge in [-0.2, -0.15) is 4.31 Å². The van der Waals surface area contributed by atoms with Crippen molar-refractivity contribution in [3.05, 3.63) is 60.2 Å². The van der Waals surface area contributed by atoms with E-state index in [-0.39, 0.29) is 29.8 Å². The van der Waals surface area contributed by atoms with Crippen LogP contribution in [-0.2, 0) is 14.8 Å². The maximum atomic E-state index is 13.1. The summed E-state index contributed by atoms with van der Waals surface area (Å²) < 4.78 is 27.6. The molecule has 0 unspecified atom stereocenters. The maximum absolute atomic E-state index is 13.1. The summed E-state index contributed by atoms with van der Waals surface area (Å²) in [6.07, 6.45) is 0. The Morgan fingerprint density at radius 3 is 2.00 bits per heavy atom. The number of amides is 2. The van der Waals surface area contributed by atoms with Crippen LogP contribution in [0.25, 0.3) is 0 Å². The van der Waals surface area contributed by atoms with E-state index in [1.165, 1.54) is 23.4 Å². The standard InChI is InChI=1S/C23H28N4O4S/c1-19(28)24-14-16-27(17-15-24)32(30,31)22-9-5-6-20(18-22)23(29)26-12-10-25(11-13-26)21-7-3-2-4-8-21/h2-9,18H,10-17H2,1H3. The first-order valence-electron chi connectivity index (χ1n) is 10.8. The molecule has 2 saturated heterocycles. The summed E-state index contributed by atoms with van der Waals surface area (Å²) in [6.45, 7) is 5.36. The van der Waals surface area contributed by atoms with Crippen LogP contribution in [-0.4, -0.2) is 86.7 Å². The van der Waals surface area contributed by atoms with Crippen molar-refractivity contribution in [1.82, 2.24) is 14.1 Å². The molecule has 2 fully saturated rings. The Hall–Kier alpha value is -2.91. The van der Waals surface area contributed by atoms with Gasteiger partial charge in [-0.1, -0.05) is 24.3 Å². The van der Waals surface area contributed by atoms with Crippen molar-refractivity contribution in [1.29, 1.82) is 0 Å². The van der Waals surface area contributed by atoms with Crippen LogP contribution in [0, 0.1) is 0 Å². The van der Waals surface area contributed by atoms with Gasteiger partial charge in [0.2, 0.25) is 15.9 Å². The normalized spacial score (nSPS) is 18.0. The lowest BCUT2D eigenvalue weighted by Gasteiger charge is -2.36. The number of rotatable bonds is 4. The lowest BCUT2D eigenvalue weighted by molar-refractivity contribution is -0.129. The minimum atomic E-state index is -3.73. The van der Waals surface area contributed by atoms with E-state index in [2.05, 4.69) is 17.0 Å². The molecule has 2 aliphatic heterocycles. The van der Waals surface area contributed by atoms with Gasteiger partial charge < -0.3 is 14.7 Å². The number of para-hydroxylation sites is 1. The molecule has 170 valence electrons. The van der Waals surface area contributed by atoms with Crippen LogP contribution < -0.4 is 4.90 Å². The van der Waals surface area contributed by atoms with Crippen molar-refractivity contribution in [3.63, 3.8) is 0 Å². The fourth-order valence-corrected chi connectivity index (χ4v) is 5.64. The number of piperazine rings is 2. The SMILES string of the molecule is CC(=O)N1CCN(S(=O)(=O)c2cccc(C(=O)N3CCN(c4ccccc4)CC3)c2)CC1. The lowest BCUT2D eigenvalue weighted by Crippen LogP contribution is -2.50. The highest BCUT2D eigenvalue weighted by Crippen LogP contribution is 2.21. The molecule has 0 N–H and O–H groups in total. The molecule has 0 radical (unpaired) electrons. The summed E-state index contributed by atoms with van der Waals surface area (Å²) in [5, 5.41) is 0. The summed E-state index contributed by atoms with van der Waals surface area (Å²) in [7, 11) is -3.73. The Kier molecular flexibility index (Phi) is 6.48. The summed E-state index contributed by atoms with van der Waals surface area (Å²) in [6, 6.07) is 16.4. The van der Waals surface area contributed by atoms with Crippen molar-refractivity contribution in [2.75, 3.05) is 57.3 Å². The zero-order chi connectivity index (χ0) is 22.7. The van der Waals surface area contributed by atoms with Gasteiger partial charge in [0.05, 0.1) is 4.90 Å². The van der Waals surface area contributed by atoms with E-state index in [9.17, 15) is 18.0 Å². The summed E-state index contributed by atoms with van der Waals surface area (Å²) in [5.41, 5.74) is 1.51. The van der Waals surface area contributed by atoms with Gasteiger partial charge in [-0.05, 0) is 30.3 Å². The van der Waals surface area contributed by atoms with Gasteiger partial charge in [0.1, 0.15) is 0 Å². The molecule has 0 aromatic heterocycles. The van der Waals surface area contributed by atoms with E-state index in [1.54, 1.807) is 21.9 Å². The minimum Gasteiger partial charge on any atom is -0.368 e. The minimum absolute atomic E-state index is 0.0537. The van der Waals surface area contributed by atoms with Crippen LogP contribution in [0.2, 0.25) is 0 Å². The molecule has 0 bridgehead atoms. The molecule has 2 heterocycles. The smallest absolute Gasteiger partial charge is 0.254 e. The highest BCUT2D eigenvalue weighted by atomic mass is 32.2. The number of carbonyl (C=O) groups is 2. The van der Waals surface area contributed by atoms with Crippen molar-refractivity contribution in [2.24, 2.45) is 0 Å². The number of carbonyl (C=O) groups excluding carboxylic acids is 2. The number of sulfonamides is 1. The topological polar surface area (TPSA) is 81.2 Å². The summed E-state index contributed by atoms with van der Waals surface area (Å²) >= 11 is 0. The largest absolute Gasteiger partial charge is 0.368 e. The van der Waals surface area contributed by atoms with Crippen molar-refractivity contribution in [2.45, 2.75) is 11.8 Å². The molecule has 9 heteroatoms. The van der Waals surface area contributed by atoms with Gasteiger partial charge in [-0.25, -0.2) is 8.42 Å². The average Bonchev–Trinajstić information content (AvgIpc) is 2.84. The fraction of sp³-hybridized carbons (Fsp3) is 0.391. The lowest BCUT2D eigenvalue weighted by atomic mass is 10.1. The Morgan fingerprint density at radius 2 is 1.38 bits per heavy atom. The molecule has 2 aromatic rings. The van der Waals surface area contributed by atoms with Gasteiger partial charge in [0.25, 0.3) is 5.91 Å². The summed E-state index contributed by atoms with van der Waals surface area (Å²) in [5.74, 6) is -0.210. The highest BCUT2D eigenvalue weighted by molar-refractivity contribution is 7.89.